The predicted octanol–water partition coefficient (Wildman–Crippen LogP) is 2.54. The third kappa shape index (κ3) is 3.23. The van der Waals surface area contributed by atoms with Crippen molar-refractivity contribution in [2.75, 3.05) is 24.7 Å². The normalized spacial score (nSPS) is 22.8. The van der Waals surface area contributed by atoms with Gasteiger partial charge in [0.05, 0.1) is 23.6 Å². The van der Waals surface area contributed by atoms with Gasteiger partial charge in [-0.3, -0.25) is 4.79 Å². The van der Waals surface area contributed by atoms with Crippen molar-refractivity contribution < 1.29 is 22.7 Å². The second-order valence-electron chi connectivity index (χ2n) is 7.55. The highest BCUT2D eigenvalue weighted by molar-refractivity contribution is 7.91. The largest absolute Gasteiger partial charge is 0.493 e. The minimum atomic E-state index is -3.06. The molecule has 2 atom stereocenters. The molecule has 0 radical (unpaired) electrons. The molecule has 7 nitrogen and oxygen atoms in total. The average molecular weight is 407 g/mol. The van der Waals surface area contributed by atoms with Gasteiger partial charge in [0.25, 0.3) is 5.91 Å². The molecule has 0 saturated carbocycles. The number of aromatic nitrogens is 1. The van der Waals surface area contributed by atoms with Crippen LogP contribution in [0.5, 0.6) is 11.5 Å². The Morgan fingerprint density at radius 2 is 2.14 bits per heavy atom. The lowest BCUT2D eigenvalue weighted by molar-refractivity contribution is 0.0703. The van der Waals surface area contributed by atoms with Crippen molar-refractivity contribution in [3.05, 3.63) is 23.4 Å². The third-order valence-electron chi connectivity index (χ3n) is 5.51. The van der Waals surface area contributed by atoms with Crippen LogP contribution in [0.1, 0.15) is 43.2 Å². The number of hydrogen-bond donors (Lipinski definition) is 1. The molecule has 1 amide bonds. The van der Waals surface area contributed by atoms with Gasteiger partial charge in [0.2, 0.25) is 0 Å². The fourth-order valence-corrected chi connectivity index (χ4v) is 5.99. The van der Waals surface area contributed by atoms with Gasteiger partial charge in [0, 0.05) is 30.0 Å². The summed E-state index contributed by atoms with van der Waals surface area (Å²) in [5, 5.41) is 0.813. The second kappa shape index (κ2) is 6.99. The number of ether oxygens (including phenoxy) is 2. The van der Waals surface area contributed by atoms with Crippen molar-refractivity contribution in [2.45, 2.75) is 45.8 Å². The zero-order valence-corrected chi connectivity index (χ0v) is 17.3. The van der Waals surface area contributed by atoms with Crippen molar-refractivity contribution >= 4 is 26.6 Å². The van der Waals surface area contributed by atoms with Crippen molar-refractivity contribution in [3.63, 3.8) is 0 Å². The SMILES string of the molecule is CCOc1cc2c(c3[nH]c(C(=O)N(CC)C4CCS(=O)(=O)C4)cc13)OC(C)C2. The van der Waals surface area contributed by atoms with Crippen LogP contribution in [0.3, 0.4) is 0 Å². The molecule has 2 aliphatic rings. The summed E-state index contributed by atoms with van der Waals surface area (Å²) >= 11 is 0. The number of hydrogen-bond acceptors (Lipinski definition) is 5. The van der Waals surface area contributed by atoms with E-state index in [1.165, 1.54) is 0 Å². The van der Waals surface area contributed by atoms with Gasteiger partial charge in [-0.05, 0) is 39.3 Å². The summed E-state index contributed by atoms with van der Waals surface area (Å²) < 4.78 is 35.5. The van der Waals surface area contributed by atoms with E-state index in [9.17, 15) is 13.2 Å². The topological polar surface area (TPSA) is 88.7 Å². The van der Waals surface area contributed by atoms with Crippen molar-refractivity contribution in [1.82, 2.24) is 9.88 Å². The molecule has 0 spiro atoms. The Bertz CT molecular complexity index is 1030. The number of carbonyl (C=O) groups excluding carboxylic acids is 1. The molecule has 1 saturated heterocycles. The summed E-state index contributed by atoms with van der Waals surface area (Å²) in [5.41, 5.74) is 2.26. The molecular formula is C20H26N2O5S. The first kappa shape index (κ1) is 19.1. The molecular weight excluding hydrogens is 380 g/mol. The van der Waals surface area contributed by atoms with Crippen molar-refractivity contribution in [3.8, 4) is 11.5 Å². The summed E-state index contributed by atoms with van der Waals surface area (Å²) in [6.45, 7) is 6.80. The Labute approximate surface area is 164 Å². The number of aromatic amines is 1. The number of carbonyl (C=O) groups is 1. The van der Waals surface area contributed by atoms with Crippen LogP contribution < -0.4 is 9.47 Å². The van der Waals surface area contributed by atoms with E-state index < -0.39 is 9.84 Å². The summed E-state index contributed by atoms with van der Waals surface area (Å²) in [4.78, 5) is 18.1. The van der Waals surface area contributed by atoms with Crippen molar-refractivity contribution in [2.24, 2.45) is 0 Å². The first-order valence-corrected chi connectivity index (χ1v) is 11.6. The summed E-state index contributed by atoms with van der Waals surface area (Å²) in [7, 11) is -3.06. The zero-order valence-electron chi connectivity index (χ0n) is 16.4. The van der Waals surface area contributed by atoms with Crippen LogP contribution in [0.25, 0.3) is 10.9 Å². The number of nitrogens with one attached hydrogen (secondary N) is 1. The number of H-pyrrole nitrogens is 1. The van der Waals surface area contributed by atoms with Gasteiger partial charge in [-0.25, -0.2) is 8.42 Å². The Morgan fingerprint density at radius 3 is 2.79 bits per heavy atom. The number of benzene rings is 1. The highest BCUT2D eigenvalue weighted by Crippen LogP contribution is 2.41. The number of sulfone groups is 1. The zero-order chi connectivity index (χ0) is 20.1. The van der Waals surface area contributed by atoms with Gasteiger partial charge < -0.3 is 19.4 Å². The van der Waals surface area contributed by atoms with Crippen LogP contribution in [0, 0.1) is 0 Å². The van der Waals surface area contributed by atoms with Crippen LogP contribution in [0.2, 0.25) is 0 Å². The van der Waals surface area contributed by atoms with Gasteiger partial charge in [0.15, 0.2) is 9.84 Å². The first-order chi connectivity index (χ1) is 13.3. The van der Waals surface area contributed by atoms with E-state index in [2.05, 4.69) is 4.98 Å². The second-order valence-corrected chi connectivity index (χ2v) is 9.78. The molecule has 8 heteroatoms. The van der Waals surface area contributed by atoms with Gasteiger partial charge in [-0.15, -0.1) is 0 Å². The quantitative estimate of drug-likeness (QED) is 0.824. The van der Waals surface area contributed by atoms with Gasteiger partial charge >= 0.3 is 0 Å². The average Bonchev–Trinajstić information content (AvgIpc) is 3.32. The molecule has 1 fully saturated rings. The minimum Gasteiger partial charge on any atom is -0.493 e. The maximum Gasteiger partial charge on any atom is 0.270 e. The van der Waals surface area contributed by atoms with Crippen LogP contribution in [-0.2, 0) is 16.3 Å². The molecule has 0 aliphatic carbocycles. The fourth-order valence-electron chi connectivity index (χ4n) is 4.26. The molecule has 1 aromatic heterocycles. The highest BCUT2D eigenvalue weighted by Gasteiger charge is 2.35. The molecule has 2 aromatic rings. The predicted molar refractivity (Wildman–Crippen MR) is 107 cm³/mol. The minimum absolute atomic E-state index is 0.0348. The van der Waals surface area contributed by atoms with E-state index in [1.54, 1.807) is 11.0 Å². The Balaban J connectivity index is 1.74. The summed E-state index contributed by atoms with van der Waals surface area (Å²) in [5.74, 6) is 1.49. The molecule has 1 N–H and O–H groups in total. The molecule has 152 valence electrons. The van der Waals surface area contributed by atoms with Crippen molar-refractivity contribution in [1.29, 1.82) is 0 Å². The van der Waals surface area contributed by atoms with E-state index in [4.69, 9.17) is 9.47 Å². The van der Waals surface area contributed by atoms with Crippen LogP contribution in [0.4, 0.5) is 0 Å². The highest BCUT2D eigenvalue weighted by atomic mass is 32.2. The number of amides is 1. The van der Waals surface area contributed by atoms with Crippen LogP contribution in [0.15, 0.2) is 12.1 Å². The van der Waals surface area contributed by atoms with Crippen LogP contribution in [-0.4, -0.2) is 61.0 Å². The van der Waals surface area contributed by atoms with E-state index >= 15 is 0 Å². The Hall–Kier alpha value is -2.22. The lowest BCUT2D eigenvalue weighted by Crippen LogP contribution is -2.41. The molecule has 1 aromatic carbocycles. The van der Waals surface area contributed by atoms with E-state index in [0.29, 0.717) is 25.3 Å². The molecule has 4 rings (SSSR count). The summed E-state index contributed by atoms with van der Waals surface area (Å²) in [6, 6.07) is 3.51. The van der Waals surface area contributed by atoms with Crippen LogP contribution >= 0.6 is 0 Å². The van der Waals surface area contributed by atoms with Gasteiger partial charge in [0.1, 0.15) is 23.3 Å². The smallest absolute Gasteiger partial charge is 0.270 e. The Kier molecular flexibility index (Phi) is 4.77. The fraction of sp³-hybridized carbons (Fsp3) is 0.550. The molecule has 3 heterocycles. The maximum absolute atomic E-state index is 13.2. The van der Waals surface area contributed by atoms with E-state index in [-0.39, 0.29) is 29.6 Å². The van der Waals surface area contributed by atoms with E-state index in [1.807, 2.05) is 26.8 Å². The van der Waals surface area contributed by atoms with E-state index in [0.717, 1.165) is 34.4 Å². The maximum atomic E-state index is 13.2. The number of rotatable bonds is 5. The monoisotopic (exact) mass is 406 g/mol. The molecule has 2 aliphatic heterocycles. The summed E-state index contributed by atoms with van der Waals surface area (Å²) in [6.07, 6.45) is 1.37. The molecule has 0 bridgehead atoms. The lowest BCUT2D eigenvalue weighted by atomic mass is 10.1. The Morgan fingerprint density at radius 1 is 1.36 bits per heavy atom. The standard InChI is InChI=1S/C20H26N2O5S/c1-4-22(14-6-7-28(24,25)11-14)20(23)16-10-15-17(26-5-2)9-13-8-12(3)27-19(13)18(15)21-16/h9-10,12,14,21H,4-8,11H2,1-3H3. The first-order valence-electron chi connectivity index (χ1n) is 9.82. The molecule has 28 heavy (non-hydrogen) atoms. The molecule has 2 unspecified atom stereocenters. The number of fused-ring (bicyclic) bond motifs is 3. The lowest BCUT2D eigenvalue weighted by Gasteiger charge is -2.26. The van der Waals surface area contributed by atoms with Gasteiger partial charge in [-0.2, -0.15) is 0 Å². The number of nitrogens with zero attached hydrogens (tertiary/aromatic N) is 1. The third-order valence-corrected chi connectivity index (χ3v) is 7.26. The van der Waals surface area contributed by atoms with Gasteiger partial charge in [-0.1, -0.05) is 0 Å².